The molecule has 0 radical (unpaired) electrons. The van der Waals surface area contributed by atoms with E-state index in [1.807, 2.05) is 40.7 Å². The van der Waals surface area contributed by atoms with Gasteiger partial charge in [-0.25, -0.2) is 4.39 Å². The first-order valence-electron chi connectivity index (χ1n) is 7.12. The summed E-state index contributed by atoms with van der Waals surface area (Å²) in [6, 6.07) is 6.50. The number of halogens is 1. The predicted molar refractivity (Wildman–Crippen MR) is 82.2 cm³/mol. The Kier molecular flexibility index (Phi) is 3.12. The minimum absolute atomic E-state index is 0.286. The molecule has 0 N–H and O–H groups in total. The van der Waals surface area contributed by atoms with Crippen LogP contribution in [0.25, 0.3) is 10.9 Å². The van der Waals surface area contributed by atoms with Crippen molar-refractivity contribution in [2.45, 2.75) is 45.8 Å². The van der Waals surface area contributed by atoms with Crippen molar-refractivity contribution in [3.8, 4) is 0 Å². The fourth-order valence-electron chi connectivity index (χ4n) is 2.53. The summed E-state index contributed by atoms with van der Waals surface area (Å²) >= 11 is 0. The highest BCUT2D eigenvalue weighted by Gasteiger charge is 2.52. The van der Waals surface area contributed by atoms with Gasteiger partial charge in [0.25, 0.3) is 0 Å². The average Bonchev–Trinajstić information content (AvgIpc) is 2.58. The van der Waals surface area contributed by atoms with E-state index in [0.717, 1.165) is 22.1 Å². The van der Waals surface area contributed by atoms with Crippen LogP contribution in [0.4, 0.5) is 4.39 Å². The van der Waals surface area contributed by atoms with Gasteiger partial charge in [0.05, 0.1) is 16.7 Å². The largest absolute Gasteiger partial charge is 0.495 e. The maximum absolute atomic E-state index is 13.6. The second-order valence-corrected chi connectivity index (χ2v) is 6.60. The Morgan fingerprint density at radius 2 is 1.67 bits per heavy atom. The number of hydrogen-bond acceptors (Lipinski definition) is 3. The molecule has 1 fully saturated rings. The molecule has 2 aromatic rings. The highest BCUT2D eigenvalue weighted by Crippen LogP contribution is 2.37. The molecule has 5 heteroatoms. The summed E-state index contributed by atoms with van der Waals surface area (Å²) in [5.41, 5.74) is 1.60. The van der Waals surface area contributed by atoms with Gasteiger partial charge in [-0.3, -0.25) is 4.98 Å². The molecule has 1 aromatic carbocycles. The van der Waals surface area contributed by atoms with Gasteiger partial charge in [-0.1, -0.05) is 0 Å². The maximum atomic E-state index is 13.6. The molecule has 2 heterocycles. The topological polar surface area (TPSA) is 31.4 Å². The van der Waals surface area contributed by atoms with Crippen LogP contribution in [0.2, 0.25) is 0 Å². The van der Waals surface area contributed by atoms with Crippen molar-refractivity contribution < 1.29 is 13.7 Å². The minimum Gasteiger partial charge on any atom is -0.399 e. The van der Waals surface area contributed by atoms with E-state index in [1.54, 1.807) is 6.07 Å². The van der Waals surface area contributed by atoms with Crippen LogP contribution >= 0.6 is 0 Å². The Hall–Kier alpha value is -1.46. The highest BCUT2D eigenvalue weighted by atomic mass is 19.1. The van der Waals surface area contributed by atoms with Crippen molar-refractivity contribution in [3.63, 3.8) is 0 Å². The second-order valence-electron chi connectivity index (χ2n) is 6.60. The standard InChI is InChI=1S/C16H19BFNO2/c1-10-8-13(12-9-11(18)6-7-14(12)19-10)17-20-15(2,3)16(4,5)21-17/h6-9H,1-5H3. The number of aromatic nitrogens is 1. The summed E-state index contributed by atoms with van der Waals surface area (Å²) < 4.78 is 25.8. The van der Waals surface area contributed by atoms with Gasteiger partial charge in [0, 0.05) is 11.1 Å². The molecule has 1 aromatic heterocycles. The van der Waals surface area contributed by atoms with Crippen LogP contribution in [0.15, 0.2) is 24.3 Å². The van der Waals surface area contributed by atoms with Crippen LogP contribution in [0.1, 0.15) is 33.4 Å². The van der Waals surface area contributed by atoms with Crippen molar-refractivity contribution in [3.05, 3.63) is 35.8 Å². The van der Waals surface area contributed by atoms with E-state index < -0.39 is 18.3 Å². The van der Waals surface area contributed by atoms with Crippen LogP contribution in [-0.2, 0) is 9.31 Å². The zero-order valence-electron chi connectivity index (χ0n) is 13.0. The molecule has 3 nitrogen and oxygen atoms in total. The summed E-state index contributed by atoms with van der Waals surface area (Å²) in [7, 11) is -0.513. The third kappa shape index (κ3) is 2.34. The number of aryl methyl sites for hydroxylation is 1. The first-order chi connectivity index (χ1) is 9.69. The van der Waals surface area contributed by atoms with Crippen molar-refractivity contribution in [2.24, 2.45) is 0 Å². The van der Waals surface area contributed by atoms with E-state index in [2.05, 4.69) is 4.98 Å². The van der Waals surface area contributed by atoms with Gasteiger partial charge >= 0.3 is 7.12 Å². The molecule has 0 saturated carbocycles. The Morgan fingerprint density at radius 3 is 2.29 bits per heavy atom. The van der Waals surface area contributed by atoms with Crippen LogP contribution < -0.4 is 5.46 Å². The Balaban J connectivity index is 2.15. The smallest absolute Gasteiger partial charge is 0.399 e. The molecule has 1 saturated heterocycles. The summed E-state index contributed by atoms with van der Waals surface area (Å²) in [6.07, 6.45) is 0. The van der Waals surface area contributed by atoms with E-state index in [1.165, 1.54) is 12.1 Å². The minimum atomic E-state index is -0.513. The van der Waals surface area contributed by atoms with Crippen LogP contribution in [0.3, 0.4) is 0 Å². The Morgan fingerprint density at radius 1 is 1.05 bits per heavy atom. The summed E-state index contributed by atoms with van der Waals surface area (Å²) in [4.78, 5) is 4.44. The summed E-state index contributed by atoms with van der Waals surface area (Å²) in [5.74, 6) is -0.286. The van der Waals surface area contributed by atoms with Gasteiger partial charge in [-0.2, -0.15) is 0 Å². The van der Waals surface area contributed by atoms with Gasteiger partial charge < -0.3 is 9.31 Å². The number of fused-ring (bicyclic) bond motifs is 1. The van der Waals surface area contributed by atoms with Gasteiger partial charge in [-0.05, 0) is 64.3 Å². The lowest BCUT2D eigenvalue weighted by atomic mass is 9.76. The summed E-state index contributed by atoms with van der Waals surface area (Å²) in [6.45, 7) is 9.93. The lowest BCUT2D eigenvalue weighted by Gasteiger charge is -2.32. The number of nitrogens with zero attached hydrogens (tertiary/aromatic N) is 1. The molecule has 1 aliphatic rings. The van der Waals surface area contributed by atoms with Crippen molar-refractivity contribution in [1.29, 1.82) is 0 Å². The molecular formula is C16H19BFNO2. The number of benzene rings is 1. The molecule has 110 valence electrons. The molecule has 0 amide bonds. The van der Waals surface area contributed by atoms with Gasteiger partial charge in [0.1, 0.15) is 5.82 Å². The third-order valence-corrected chi connectivity index (χ3v) is 4.44. The van der Waals surface area contributed by atoms with Gasteiger partial charge in [0.15, 0.2) is 0 Å². The Bertz CT molecular complexity index is 699. The molecule has 0 aliphatic carbocycles. The van der Waals surface area contributed by atoms with Crippen LogP contribution in [0.5, 0.6) is 0 Å². The predicted octanol–water partition coefficient (Wildman–Crippen LogP) is 2.98. The normalized spacial score (nSPS) is 20.2. The van der Waals surface area contributed by atoms with Gasteiger partial charge in [-0.15, -0.1) is 0 Å². The number of hydrogen-bond donors (Lipinski definition) is 0. The Labute approximate surface area is 124 Å². The van der Waals surface area contributed by atoms with E-state index >= 15 is 0 Å². The first-order valence-corrected chi connectivity index (χ1v) is 7.12. The first kappa shape index (κ1) is 14.5. The van der Waals surface area contributed by atoms with E-state index in [-0.39, 0.29) is 5.82 Å². The molecule has 0 unspecified atom stereocenters. The third-order valence-electron chi connectivity index (χ3n) is 4.44. The molecule has 0 atom stereocenters. The molecule has 0 bridgehead atoms. The summed E-state index contributed by atoms with van der Waals surface area (Å²) in [5, 5.41) is 0.735. The van der Waals surface area contributed by atoms with E-state index in [0.29, 0.717) is 0 Å². The van der Waals surface area contributed by atoms with Crippen LogP contribution in [0, 0.1) is 12.7 Å². The highest BCUT2D eigenvalue weighted by molar-refractivity contribution is 6.65. The molecule has 0 spiro atoms. The fourth-order valence-corrected chi connectivity index (χ4v) is 2.53. The molecule has 21 heavy (non-hydrogen) atoms. The van der Waals surface area contributed by atoms with Crippen LogP contribution in [-0.4, -0.2) is 23.3 Å². The number of rotatable bonds is 1. The lowest BCUT2D eigenvalue weighted by molar-refractivity contribution is 0.00578. The fraction of sp³-hybridized carbons (Fsp3) is 0.438. The quantitative estimate of drug-likeness (QED) is 0.756. The monoisotopic (exact) mass is 287 g/mol. The second kappa shape index (κ2) is 4.52. The van der Waals surface area contributed by atoms with Crippen molar-refractivity contribution in [1.82, 2.24) is 4.98 Å². The van der Waals surface area contributed by atoms with Crippen molar-refractivity contribution >= 4 is 23.5 Å². The van der Waals surface area contributed by atoms with E-state index in [9.17, 15) is 4.39 Å². The number of pyridine rings is 1. The molecule has 1 aliphatic heterocycles. The maximum Gasteiger partial charge on any atom is 0.495 e. The SMILES string of the molecule is Cc1cc(B2OC(C)(C)C(C)(C)O2)c2cc(F)ccc2n1. The zero-order chi connectivity index (χ0) is 15.4. The van der Waals surface area contributed by atoms with Crippen molar-refractivity contribution in [2.75, 3.05) is 0 Å². The van der Waals surface area contributed by atoms with E-state index in [4.69, 9.17) is 9.31 Å². The molecular weight excluding hydrogens is 268 g/mol. The zero-order valence-corrected chi connectivity index (χ0v) is 13.0. The lowest BCUT2D eigenvalue weighted by Crippen LogP contribution is -2.41. The average molecular weight is 287 g/mol. The molecule has 3 rings (SSSR count). The van der Waals surface area contributed by atoms with Gasteiger partial charge in [0.2, 0.25) is 0 Å².